The fraction of sp³-hybridized carbons (Fsp3) is 0.517. The maximum atomic E-state index is 3.99. The Hall–Kier alpha value is -2.22. The highest BCUT2D eigenvalue weighted by Crippen LogP contribution is 2.63. The summed E-state index contributed by atoms with van der Waals surface area (Å²) >= 11 is 0. The first kappa shape index (κ1) is 20.7. The number of allylic oxidation sites excluding steroid dienone is 2. The molecule has 31 heavy (non-hydrogen) atoms. The Kier molecular flexibility index (Phi) is 5.58. The molecule has 2 bridgehead atoms. The second-order valence-electron chi connectivity index (χ2n) is 10.5. The van der Waals surface area contributed by atoms with Gasteiger partial charge in [-0.25, -0.2) is 0 Å². The predicted octanol–water partition coefficient (Wildman–Crippen LogP) is 8.19. The van der Waals surface area contributed by atoms with E-state index in [0.717, 1.165) is 24.2 Å². The van der Waals surface area contributed by atoms with Crippen LogP contribution in [-0.2, 0) is 0 Å². The Bertz CT molecular complexity index is 967. The summed E-state index contributed by atoms with van der Waals surface area (Å²) in [4.78, 5) is 0. The minimum absolute atomic E-state index is 0.449. The summed E-state index contributed by atoms with van der Waals surface area (Å²) in [5.41, 5.74) is 9.80. The van der Waals surface area contributed by atoms with Gasteiger partial charge in [-0.05, 0) is 106 Å². The number of hydrogen-bond donors (Lipinski definition) is 2. The number of aryl methyl sites for hydroxylation is 1. The van der Waals surface area contributed by atoms with Gasteiger partial charge < -0.3 is 10.6 Å². The zero-order valence-electron chi connectivity index (χ0n) is 19.7. The molecule has 3 aliphatic rings. The lowest BCUT2D eigenvalue weighted by Gasteiger charge is -2.43. The molecule has 2 saturated carbocycles. The van der Waals surface area contributed by atoms with Gasteiger partial charge in [0.05, 0.1) is 6.04 Å². The number of unbranched alkanes of at least 4 members (excludes halogenated alkanes) is 1. The van der Waals surface area contributed by atoms with Gasteiger partial charge in [0.15, 0.2) is 0 Å². The van der Waals surface area contributed by atoms with Crippen LogP contribution in [-0.4, -0.2) is 0 Å². The summed E-state index contributed by atoms with van der Waals surface area (Å²) in [5.74, 6) is 3.17. The normalized spacial score (nSPS) is 27.9. The van der Waals surface area contributed by atoms with E-state index in [1.54, 1.807) is 5.56 Å². The Morgan fingerprint density at radius 3 is 2.55 bits per heavy atom. The lowest BCUT2D eigenvalue weighted by molar-refractivity contribution is 0.247. The zero-order valence-corrected chi connectivity index (χ0v) is 19.7. The molecule has 0 saturated heterocycles. The van der Waals surface area contributed by atoms with Crippen molar-refractivity contribution in [1.82, 2.24) is 0 Å². The van der Waals surface area contributed by atoms with Crippen molar-refractivity contribution in [3.63, 3.8) is 0 Å². The lowest BCUT2D eigenvalue weighted by atomic mass is 9.68. The van der Waals surface area contributed by atoms with Crippen LogP contribution in [0.2, 0.25) is 0 Å². The molecule has 2 aromatic carbocycles. The van der Waals surface area contributed by atoms with Crippen LogP contribution in [0.4, 0.5) is 11.4 Å². The van der Waals surface area contributed by atoms with Gasteiger partial charge in [0.25, 0.3) is 0 Å². The van der Waals surface area contributed by atoms with Crippen LogP contribution in [0.3, 0.4) is 0 Å². The van der Waals surface area contributed by atoms with Gasteiger partial charge in [-0.15, -0.1) is 0 Å². The number of nitrogens with one attached hydrogen (secondary N) is 2. The quantitative estimate of drug-likeness (QED) is 0.498. The largest absolute Gasteiger partial charge is 0.378 e. The number of rotatable bonds is 6. The van der Waals surface area contributed by atoms with Crippen LogP contribution in [0.5, 0.6) is 0 Å². The Morgan fingerprint density at radius 1 is 1.03 bits per heavy atom. The fourth-order valence-electron chi connectivity index (χ4n) is 6.63. The third kappa shape index (κ3) is 3.79. The molecule has 5 atom stereocenters. The van der Waals surface area contributed by atoms with Crippen LogP contribution < -0.4 is 10.6 Å². The fourth-order valence-corrected chi connectivity index (χ4v) is 6.63. The first-order chi connectivity index (χ1) is 15.0. The van der Waals surface area contributed by atoms with Gasteiger partial charge in [-0.3, -0.25) is 0 Å². The average Bonchev–Trinajstić information content (AvgIpc) is 3.39. The summed E-state index contributed by atoms with van der Waals surface area (Å²) in [7, 11) is 0. The van der Waals surface area contributed by atoms with Crippen LogP contribution in [0, 0.1) is 24.7 Å². The van der Waals surface area contributed by atoms with Gasteiger partial charge >= 0.3 is 0 Å². The van der Waals surface area contributed by atoms with Crippen LogP contribution in [0.1, 0.15) is 87.9 Å². The molecule has 2 aromatic rings. The topological polar surface area (TPSA) is 24.1 Å². The van der Waals surface area contributed by atoms with Crippen molar-refractivity contribution < 1.29 is 0 Å². The second kappa shape index (κ2) is 8.37. The molecule has 2 aliphatic carbocycles. The van der Waals surface area contributed by atoms with Gasteiger partial charge in [-0.1, -0.05) is 48.7 Å². The zero-order chi connectivity index (χ0) is 21.5. The van der Waals surface area contributed by atoms with Crippen LogP contribution in [0.15, 0.2) is 53.7 Å². The average molecular weight is 415 g/mol. The van der Waals surface area contributed by atoms with Gasteiger partial charge in [-0.2, -0.15) is 0 Å². The maximum absolute atomic E-state index is 3.99. The van der Waals surface area contributed by atoms with E-state index in [9.17, 15) is 0 Å². The Balaban J connectivity index is 1.48. The second-order valence-corrected chi connectivity index (χ2v) is 10.5. The summed E-state index contributed by atoms with van der Waals surface area (Å²) in [5, 5.41) is 7.78. The molecule has 2 fully saturated rings. The maximum Gasteiger partial charge on any atom is 0.0550 e. The minimum atomic E-state index is 0.449. The molecule has 5 rings (SSSR count). The molecule has 0 aromatic heterocycles. The molecule has 0 spiro atoms. The van der Waals surface area contributed by atoms with Crippen molar-refractivity contribution in [2.24, 2.45) is 17.8 Å². The van der Waals surface area contributed by atoms with E-state index in [4.69, 9.17) is 0 Å². The summed E-state index contributed by atoms with van der Waals surface area (Å²) in [6.07, 6.45) is 7.88. The summed E-state index contributed by atoms with van der Waals surface area (Å²) < 4.78 is 0. The van der Waals surface area contributed by atoms with Crippen molar-refractivity contribution in [3.05, 3.63) is 70.4 Å². The van der Waals surface area contributed by atoms with Crippen molar-refractivity contribution in [2.45, 2.75) is 78.2 Å². The number of anilines is 2. The highest BCUT2D eigenvalue weighted by Gasteiger charge is 2.53. The summed E-state index contributed by atoms with van der Waals surface area (Å²) in [6.45, 7) is 8.92. The van der Waals surface area contributed by atoms with Crippen molar-refractivity contribution in [2.75, 3.05) is 10.6 Å². The predicted molar refractivity (Wildman–Crippen MR) is 133 cm³/mol. The minimum Gasteiger partial charge on any atom is -0.378 e. The van der Waals surface area contributed by atoms with Gasteiger partial charge in [0, 0.05) is 17.1 Å². The highest BCUT2D eigenvalue weighted by molar-refractivity contribution is 5.65. The van der Waals surface area contributed by atoms with Gasteiger partial charge in [0.1, 0.15) is 0 Å². The molecule has 1 aliphatic heterocycles. The molecular formula is C29H38N2. The smallest absolute Gasteiger partial charge is 0.0550 e. The van der Waals surface area contributed by atoms with Crippen molar-refractivity contribution in [1.29, 1.82) is 0 Å². The van der Waals surface area contributed by atoms with Crippen molar-refractivity contribution in [3.8, 4) is 0 Å². The first-order valence-corrected chi connectivity index (χ1v) is 12.5. The molecular weight excluding hydrogens is 376 g/mol. The third-order valence-electron chi connectivity index (χ3n) is 8.20. The highest BCUT2D eigenvalue weighted by atomic mass is 15.0. The molecule has 2 N–H and O–H groups in total. The van der Waals surface area contributed by atoms with E-state index in [1.807, 2.05) is 0 Å². The third-order valence-corrected chi connectivity index (χ3v) is 8.20. The van der Waals surface area contributed by atoms with Crippen molar-refractivity contribution >= 4 is 11.4 Å². The van der Waals surface area contributed by atoms with E-state index in [2.05, 4.69) is 80.8 Å². The first-order valence-electron chi connectivity index (χ1n) is 12.5. The van der Waals surface area contributed by atoms with Crippen LogP contribution >= 0.6 is 0 Å². The molecule has 5 unspecified atom stereocenters. The standard InChI is InChI=1S/C29H38N2/c1-5-6-7-25(18(2)3)30-23-14-15-26-24(17-23)27-21-12-13-22(16-21)28(27)29(31-26)20-10-8-19(4)9-11-20/h8-11,14-15,17,21-22,27-31H,5-7,12-13,16H2,1-4H3. The van der Waals surface area contributed by atoms with E-state index >= 15 is 0 Å². The van der Waals surface area contributed by atoms with E-state index in [1.165, 1.54) is 65.9 Å². The molecule has 0 radical (unpaired) electrons. The molecule has 2 nitrogen and oxygen atoms in total. The van der Waals surface area contributed by atoms with Crippen LogP contribution in [0.25, 0.3) is 0 Å². The monoisotopic (exact) mass is 414 g/mol. The molecule has 1 heterocycles. The number of fused-ring (bicyclic) bond motifs is 7. The van der Waals surface area contributed by atoms with E-state index in [-0.39, 0.29) is 0 Å². The Labute approximate surface area is 188 Å². The SMILES string of the molecule is CCCCC(Nc1ccc2c(c1)C1C3CCC(C3)C1C(c1ccc(C)cc1)N2)=C(C)C. The number of hydrogen-bond acceptors (Lipinski definition) is 2. The van der Waals surface area contributed by atoms with Gasteiger partial charge in [0.2, 0.25) is 0 Å². The number of benzene rings is 2. The molecule has 0 amide bonds. The van der Waals surface area contributed by atoms with E-state index in [0.29, 0.717) is 12.0 Å². The van der Waals surface area contributed by atoms with E-state index < -0.39 is 0 Å². The molecule has 2 heteroatoms. The summed E-state index contributed by atoms with van der Waals surface area (Å²) in [6, 6.07) is 16.8. The molecule has 164 valence electrons. The Morgan fingerprint density at radius 2 is 1.81 bits per heavy atom. The lowest BCUT2D eigenvalue weighted by Crippen LogP contribution is -2.35.